The molecule has 1 saturated heterocycles. The van der Waals surface area contributed by atoms with Gasteiger partial charge in [0.05, 0.1) is 13.0 Å². The first-order valence-corrected chi connectivity index (χ1v) is 5.67. The lowest BCUT2D eigenvalue weighted by Gasteiger charge is -2.21. The monoisotopic (exact) mass is 214 g/mol. The number of nitrogens with zero attached hydrogens (tertiary/aromatic N) is 1. The highest BCUT2D eigenvalue weighted by molar-refractivity contribution is 5.73. The normalized spacial score (nSPS) is 24.1. The summed E-state index contributed by atoms with van der Waals surface area (Å²) >= 11 is 0. The number of likely N-dealkylation sites (tertiary alicyclic amines) is 1. The van der Waals surface area contributed by atoms with Gasteiger partial charge >= 0.3 is 5.97 Å². The van der Waals surface area contributed by atoms with Crippen LogP contribution in [0.25, 0.3) is 0 Å². The summed E-state index contributed by atoms with van der Waals surface area (Å²) < 4.78 is 4.85. The van der Waals surface area contributed by atoms with Crippen molar-refractivity contribution < 1.29 is 9.53 Å². The van der Waals surface area contributed by atoms with E-state index >= 15 is 0 Å². The molecule has 1 fully saturated rings. The van der Waals surface area contributed by atoms with Crippen molar-refractivity contribution in [1.29, 1.82) is 0 Å². The topological polar surface area (TPSA) is 41.6 Å². The Balaban J connectivity index is 2.53. The van der Waals surface area contributed by atoms with E-state index in [-0.39, 0.29) is 11.9 Å². The van der Waals surface area contributed by atoms with E-state index in [1.54, 1.807) is 0 Å². The minimum absolute atomic E-state index is 0.0107. The number of hydrogen-bond acceptors (Lipinski definition) is 4. The first-order valence-electron chi connectivity index (χ1n) is 5.67. The van der Waals surface area contributed by atoms with E-state index in [1.165, 1.54) is 7.11 Å². The van der Waals surface area contributed by atoms with Gasteiger partial charge in [0, 0.05) is 13.1 Å². The van der Waals surface area contributed by atoms with Gasteiger partial charge < -0.3 is 15.0 Å². The fourth-order valence-corrected chi connectivity index (χ4v) is 2.29. The lowest BCUT2D eigenvalue weighted by atomic mass is 9.91. The summed E-state index contributed by atoms with van der Waals surface area (Å²) in [5.74, 6) is 0.383. The van der Waals surface area contributed by atoms with E-state index < -0.39 is 0 Å². The van der Waals surface area contributed by atoms with Gasteiger partial charge in [0.15, 0.2) is 0 Å². The van der Waals surface area contributed by atoms with E-state index in [1.807, 2.05) is 7.05 Å². The van der Waals surface area contributed by atoms with Gasteiger partial charge in [-0.2, -0.15) is 0 Å². The van der Waals surface area contributed by atoms with E-state index in [2.05, 4.69) is 17.1 Å². The van der Waals surface area contributed by atoms with Crippen LogP contribution in [0.4, 0.5) is 0 Å². The standard InChI is InChI=1S/C11H22N2O2/c1-4-13-6-5-9(8-13)10(7-12-2)11(14)15-3/h9-10,12H,4-8H2,1-3H3. The molecule has 0 spiro atoms. The molecule has 4 nitrogen and oxygen atoms in total. The van der Waals surface area contributed by atoms with Crippen molar-refractivity contribution in [1.82, 2.24) is 10.2 Å². The maximum atomic E-state index is 11.6. The van der Waals surface area contributed by atoms with Crippen LogP contribution >= 0.6 is 0 Å². The third-order valence-corrected chi connectivity index (χ3v) is 3.25. The highest BCUT2D eigenvalue weighted by Crippen LogP contribution is 2.24. The lowest BCUT2D eigenvalue weighted by Crippen LogP contribution is -2.35. The molecule has 88 valence electrons. The second-order valence-corrected chi connectivity index (χ2v) is 4.13. The number of nitrogens with one attached hydrogen (secondary N) is 1. The molecule has 0 radical (unpaired) electrons. The molecule has 0 aromatic rings. The molecule has 0 aliphatic carbocycles. The predicted molar refractivity (Wildman–Crippen MR) is 59.7 cm³/mol. The van der Waals surface area contributed by atoms with Crippen LogP contribution in [0.5, 0.6) is 0 Å². The molecule has 0 aromatic heterocycles. The van der Waals surface area contributed by atoms with Crippen LogP contribution in [0.2, 0.25) is 0 Å². The van der Waals surface area contributed by atoms with Crippen molar-refractivity contribution in [3.8, 4) is 0 Å². The Morgan fingerprint density at radius 2 is 2.40 bits per heavy atom. The molecule has 15 heavy (non-hydrogen) atoms. The molecule has 1 rings (SSSR count). The van der Waals surface area contributed by atoms with Crippen LogP contribution in [0.3, 0.4) is 0 Å². The molecule has 0 bridgehead atoms. The van der Waals surface area contributed by atoms with Crippen molar-refractivity contribution in [2.24, 2.45) is 11.8 Å². The zero-order valence-corrected chi connectivity index (χ0v) is 9.95. The first-order chi connectivity index (χ1) is 7.22. The second kappa shape index (κ2) is 6.08. The molecule has 0 aromatic carbocycles. The summed E-state index contributed by atoms with van der Waals surface area (Å²) in [5.41, 5.74) is 0. The molecule has 1 aliphatic rings. The average Bonchev–Trinajstić information content (AvgIpc) is 2.73. The molecule has 4 heteroatoms. The van der Waals surface area contributed by atoms with Gasteiger partial charge in [0.2, 0.25) is 0 Å². The number of hydrogen-bond donors (Lipinski definition) is 1. The minimum Gasteiger partial charge on any atom is -0.469 e. The number of ether oxygens (including phenoxy) is 1. The first kappa shape index (κ1) is 12.5. The lowest BCUT2D eigenvalue weighted by molar-refractivity contribution is -0.147. The number of carbonyl (C=O) groups excluding carboxylic acids is 1. The van der Waals surface area contributed by atoms with Crippen molar-refractivity contribution in [2.45, 2.75) is 13.3 Å². The summed E-state index contributed by atoms with van der Waals surface area (Å²) in [4.78, 5) is 14.0. The van der Waals surface area contributed by atoms with Crippen LogP contribution < -0.4 is 5.32 Å². The van der Waals surface area contributed by atoms with Crippen molar-refractivity contribution in [3.05, 3.63) is 0 Å². The molecule has 1 N–H and O–H groups in total. The Morgan fingerprint density at radius 3 is 2.87 bits per heavy atom. The zero-order valence-electron chi connectivity index (χ0n) is 9.95. The average molecular weight is 214 g/mol. The van der Waals surface area contributed by atoms with Gasteiger partial charge in [0.1, 0.15) is 0 Å². The van der Waals surface area contributed by atoms with Crippen molar-refractivity contribution >= 4 is 5.97 Å². The SMILES string of the molecule is CCN1CCC(C(CNC)C(=O)OC)C1. The Hall–Kier alpha value is -0.610. The maximum Gasteiger partial charge on any atom is 0.310 e. The third kappa shape index (κ3) is 3.18. The highest BCUT2D eigenvalue weighted by atomic mass is 16.5. The molecular weight excluding hydrogens is 192 g/mol. The van der Waals surface area contributed by atoms with E-state index in [9.17, 15) is 4.79 Å². The zero-order chi connectivity index (χ0) is 11.3. The van der Waals surface area contributed by atoms with E-state index in [0.717, 1.165) is 32.6 Å². The quantitative estimate of drug-likeness (QED) is 0.670. The summed E-state index contributed by atoms with van der Waals surface area (Å²) in [6, 6.07) is 0. The van der Waals surface area contributed by atoms with Gasteiger partial charge in [0.25, 0.3) is 0 Å². The van der Waals surface area contributed by atoms with Crippen LogP contribution in [0.15, 0.2) is 0 Å². The summed E-state index contributed by atoms with van der Waals surface area (Å²) in [7, 11) is 3.35. The molecule has 1 aliphatic heterocycles. The molecule has 1 heterocycles. The van der Waals surface area contributed by atoms with Gasteiger partial charge in [-0.25, -0.2) is 0 Å². The molecule has 2 unspecified atom stereocenters. The predicted octanol–water partition coefficient (Wildman–Crippen LogP) is 0.337. The minimum atomic E-state index is -0.0766. The number of rotatable bonds is 5. The number of esters is 1. The third-order valence-electron chi connectivity index (χ3n) is 3.25. The Labute approximate surface area is 92.0 Å². The van der Waals surface area contributed by atoms with Gasteiger partial charge in [-0.3, -0.25) is 4.79 Å². The van der Waals surface area contributed by atoms with Crippen LogP contribution in [-0.4, -0.2) is 51.2 Å². The van der Waals surface area contributed by atoms with Crippen LogP contribution in [0.1, 0.15) is 13.3 Å². The Kier molecular flexibility index (Phi) is 5.05. The fourth-order valence-electron chi connectivity index (χ4n) is 2.29. The molecule has 0 amide bonds. The van der Waals surface area contributed by atoms with Crippen molar-refractivity contribution in [3.63, 3.8) is 0 Å². The maximum absolute atomic E-state index is 11.6. The largest absolute Gasteiger partial charge is 0.469 e. The van der Waals surface area contributed by atoms with E-state index in [0.29, 0.717) is 5.92 Å². The molecular formula is C11H22N2O2. The molecule has 0 saturated carbocycles. The van der Waals surface area contributed by atoms with Crippen LogP contribution in [0, 0.1) is 11.8 Å². The Bertz CT molecular complexity index is 209. The molecule has 2 atom stereocenters. The van der Waals surface area contributed by atoms with Crippen LogP contribution in [-0.2, 0) is 9.53 Å². The van der Waals surface area contributed by atoms with E-state index in [4.69, 9.17) is 4.74 Å². The summed E-state index contributed by atoms with van der Waals surface area (Å²) in [6.07, 6.45) is 1.11. The number of carbonyl (C=O) groups is 1. The van der Waals surface area contributed by atoms with Gasteiger partial charge in [-0.15, -0.1) is 0 Å². The number of methoxy groups -OCH3 is 1. The highest BCUT2D eigenvalue weighted by Gasteiger charge is 2.33. The Morgan fingerprint density at radius 1 is 1.67 bits per heavy atom. The second-order valence-electron chi connectivity index (χ2n) is 4.13. The summed E-state index contributed by atoms with van der Waals surface area (Å²) in [6.45, 7) is 6.09. The van der Waals surface area contributed by atoms with Crippen molar-refractivity contribution in [2.75, 3.05) is 40.3 Å². The fraction of sp³-hybridized carbons (Fsp3) is 0.909. The summed E-state index contributed by atoms with van der Waals surface area (Å²) in [5, 5.41) is 3.07. The van der Waals surface area contributed by atoms with Gasteiger partial charge in [-0.05, 0) is 32.5 Å². The smallest absolute Gasteiger partial charge is 0.310 e. The van der Waals surface area contributed by atoms with Gasteiger partial charge in [-0.1, -0.05) is 6.92 Å².